The highest BCUT2D eigenvalue weighted by Gasteiger charge is 2.20. The van der Waals surface area contributed by atoms with Gasteiger partial charge in [-0.15, -0.1) is 0 Å². The molecule has 0 aromatic heterocycles. The number of fused-ring (bicyclic) bond motifs is 1. The average molecular weight is 371 g/mol. The normalized spacial score (nSPS) is 13.6. The Labute approximate surface area is 157 Å². The van der Waals surface area contributed by atoms with Gasteiger partial charge in [-0.2, -0.15) is 0 Å². The van der Waals surface area contributed by atoms with Gasteiger partial charge in [0.05, 0.1) is 12.2 Å². The second-order valence-electron chi connectivity index (χ2n) is 6.03. The molecule has 0 spiro atoms. The van der Waals surface area contributed by atoms with Gasteiger partial charge in [0, 0.05) is 18.9 Å². The topological polar surface area (TPSA) is 83.1 Å². The summed E-state index contributed by atoms with van der Waals surface area (Å²) in [4.78, 5) is 24.5. The van der Waals surface area contributed by atoms with Crippen LogP contribution >= 0.6 is 0 Å². The Hall–Kier alpha value is -3.06. The van der Waals surface area contributed by atoms with Crippen LogP contribution in [0.4, 0.5) is 5.69 Å². The summed E-state index contributed by atoms with van der Waals surface area (Å²) in [5.41, 5.74) is 1.85. The predicted octanol–water partition coefficient (Wildman–Crippen LogP) is 2.79. The van der Waals surface area contributed by atoms with Gasteiger partial charge in [-0.1, -0.05) is 12.1 Å². The van der Waals surface area contributed by atoms with Gasteiger partial charge in [-0.05, 0) is 36.8 Å². The lowest BCUT2D eigenvalue weighted by molar-refractivity contribution is -0.123. The zero-order valence-electron chi connectivity index (χ0n) is 15.2. The zero-order chi connectivity index (χ0) is 19.2. The van der Waals surface area contributed by atoms with Crippen LogP contribution in [0.5, 0.6) is 11.5 Å². The van der Waals surface area contributed by atoms with Crippen LogP contribution in [0.3, 0.4) is 0 Å². The zero-order valence-corrected chi connectivity index (χ0v) is 15.2. The minimum absolute atomic E-state index is 0.369. The molecule has 2 aromatic rings. The van der Waals surface area contributed by atoms with Crippen molar-refractivity contribution in [2.45, 2.75) is 19.6 Å². The Morgan fingerprint density at radius 2 is 1.78 bits per heavy atom. The number of ether oxygens (including phenoxy) is 4. The average Bonchev–Trinajstić information content (AvgIpc) is 2.68. The number of carbonyl (C=O) groups is 2. The number of nitrogens with one attached hydrogen (secondary N) is 1. The van der Waals surface area contributed by atoms with E-state index in [1.165, 1.54) is 6.92 Å². The number of anilines is 1. The largest absolute Gasteiger partial charge is 0.486 e. The fourth-order valence-electron chi connectivity index (χ4n) is 2.55. The van der Waals surface area contributed by atoms with E-state index in [4.69, 9.17) is 18.9 Å². The quantitative estimate of drug-likeness (QED) is 0.786. The van der Waals surface area contributed by atoms with E-state index in [9.17, 15) is 9.59 Å². The summed E-state index contributed by atoms with van der Waals surface area (Å²) in [7, 11) is 1.60. The summed E-state index contributed by atoms with van der Waals surface area (Å²) in [5, 5.41) is 2.71. The van der Waals surface area contributed by atoms with Crippen LogP contribution in [0.2, 0.25) is 0 Å². The first-order valence-electron chi connectivity index (χ1n) is 8.56. The van der Waals surface area contributed by atoms with Crippen LogP contribution < -0.4 is 14.8 Å². The summed E-state index contributed by atoms with van der Waals surface area (Å²) < 4.78 is 21.2. The fraction of sp³-hybridized carbons (Fsp3) is 0.300. The molecule has 0 saturated heterocycles. The summed E-state index contributed by atoms with van der Waals surface area (Å²) in [6.45, 7) is 2.94. The number of hydrogen-bond donors (Lipinski definition) is 1. The molecule has 1 unspecified atom stereocenters. The van der Waals surface area contributed by atoms with E-state index in [1.807, 2.05) is 0 Å². The van der Waals surface area contributed by atoms with Crippen molar-refractivity contribution in [1.29, 1.82) is 0 Å². The number of benzene rings is 2. The molecule has 1 atom stereocenters. The highest BCUT2D eigenvalue weighted by atomic mass is 16.6. The molecule has 0 aliphatic carbocycles. The van der Waals surface area contributed by atoms with E-state index in [0.29, 0.717) is 42.6 Å². The van der Waals surface area contributed by atoms with Crippen molar-refractivity contribution in [1.82, 2.24) is 0 Å². The molecule has 0 bridgehead atoms. The molecule has 1 heterocycles. The molecule has 142 valence electrons. The Morgan fingerprint density at radius 1 is 1.07 bits per heavy atom. The predicted molar refractivity (Wildman–Crippen MR) is 98.1 cm³/mol. The SMILES string of the molecule is COCc1ccc(C(=O)OC(C)C(=O)Nc2ccc3c(c2)OCCO3)cc1. The molecule has 7 nitrogen and oxygen atoms in total. The first kappa shape index (κ1) is 18.7. The van der Waals surface area contributed by atoms with Crippen LogP contribution in [-0.4, -0.2) is 38.3 Å². The van der Waals surface area contributed by atoms with Crippen molar-refractivity contribution in [3.8, 4) is 11.5 Å². The lowest BCUT2D eigenvalue weighted by Gasteiger charge is -2.19. The lowest BCUT2D eigenvalue weighted by atomic mass is 10.1. The first-order chi connectivity index (χ1) is 13.1. The van der Waals surface area contributed by atoms with Gasteiger partial charge in [-0.25, -0.2) is 4.79 Å². The molecular formula is C20H21NO6. The molecule has 0 radical (unpaired) electrons. The summed E-state index contributed by atoms with van der Waals surface area (Å²) in [6, 6.07) is 11.9. The summed E-state index contributed by atoms with van der Waals surface area (Å²) in [6.07, 6.45) is -0.954. The van der Waals surface area contributed by atoms with E-state index in [0.717, 1.165) is 5.56 Å². The monoisotopic (exact) mass is 371 g/mol. The molecule has 3 rings (SSSR count). The number of esters is 1. The van der Waals surface area contributed by atoms with Gasteiger partial charge in [0.25, 0.3) is 5.91 Å². The molecule has 0 fully saturated rings. The van der Waals surface area contributed by atoms with Crippen molar-refractivity contribution in [2.24, 2.45) is 0 Å². The van der Waals surface area contributed by atoms with Gasteiger partial charge < -0.3 is 24.3 Å². The Morgan fingerprint density at radius 3 is 2.48 bits per heavy atom. The Kier molecular flexibility index (Phi) is 5.93. The van der Waals surface area contributed by atoms with Crippen LogP contribution in [0.1, 0.15) is 22.8 Å². The Balaban J connectivity index is 1.57. The van der Waals surface area contributed by atoms with Crippen molar-refractivity contribution >= 4 is 17.6 Å². The number of carbonyl (C=O) groups excluding carboxylic acids is 2. The third kappa shape index (κ3) is 4.77. The highest BCUT2D eigenvalue weighted by Crippen LogP contribution is 2.32. The fourth-order valence-corrected chi connectivity index (χ4v) is 2.55. The van der Waals surface area contributed by atoms with Gasteiger partial charge in [0.1, 0.15) is 13.2 Å². The second-order valence-corrected chi connectivity index (χ2v) is 6.03. The van der Waals surface area contributed by atoms with Crippen molar-refractivity contribution < 1.29 is 28.5 Å². The van der Waals surface area contributed by atoms with Gasteiger partial charge in [0.15, 0.2) is 17.6 Å². The number of hydrogen-bond acceptors (Lipinski definition) is 6. The smallest absolute Gasteiger partial charge is 0.338 e. The van der Waals surface area contributed by atoms with E-state index in [1.54, 1.807) is 49.6 Å². The van der Waals surface area contributed by atoms with E-state index >= 15 is 0 Å². The maximum Gasteiger partial charge on any atom is 0.338 e. The Bertz CT molecular complexity index is 818. The molecule has 1 N–H and O–H groups in total. The third-order valence-electron chi connectivity index (χ3n) is 3.96. The highest BCUT2D eigenvalue weighted by molar-refractivity contribution is 5.97. The van der Waals surface area contributed by atoms with E-state index in [-0.39, 0.29) is 0 Å². The van der Waals surface area contributed by atoms with Gasteiger partial charge in [0.2, 0.25) is 0 Å². The van der Waals surface area contributed by atoms with Crippen LogP contribution in [0, 0.1) is 0 Å². The lowest BCUT2D eigenvalue weighted by Crippen LogP contribution is -2.30. The van der Waals surface area contributed by atoms with Crippen LogP contribution in [-0.2, 0) is 20.9 Å². The van der Waals surface area contributed by atoms with Crippen molar-refractivity contribution in [3.63, 3.8) is 0 Å². The standard InChI is InChI=1S/C20H21NO6/c1-13(27-20(23)15-5-3-14(4-6-15)12-24-2)19(22)21-16-7-8-17-18(11-16)26-10-9-25-17/h3-8,11,13H,9-10,12H2,1-2H3,(H,21,22). The number of rotatable bonds is 6. The van der Waals surface area contributed by atoms with Gasteiger partial charge >= 0.3 is 5.97 Å². The van der Waals surface area contributed by atoms with Crippen LogP contribution in [0.25, 0.3) is 0 Å². The summed E-state index contributed by atoms with van der Waals surface area (Å²) >= 11 is 0. The molecule has 27 heavy (non-hydrogen) atoms. The molecule has 1 aliphatic heterocycles. The molecular weight excluding hydrogens is 350 g/mol. The van der Waals surface area contributed by atoms with E-state index < -0.39 is 18.0 Å². The number of amides is 1. The van der Waals surface area contributed by atoms with Crippen molar-refractivity contribution in [2.75, 3.05) is 25.6 Å². The molecule has 7 heteroatoms. The molecule has 0 saturated carbocycles. The molecule has 1 amide bonds. The van der Waals surface area contributed by atoms with E-state index in [2.05, 4.69) is 5.32 Å². The first-order valence-corrected chi connectivity index (χ1v) is 8.56. The van der Waals surface area contributed by atoms with Gasteiger partial charge in [-0.3, -0.25) is 4.79 Å². The molecule has 2 aromatic carbocycles. The minimum atomic E-state index is -0.954. The molecule has 1 aliphatic rings. The summed E-state index contributed by atoms with van der Waals surface area (Å²) in [5.74, 6) is 0.204. The second kappa shape index (κ2) is 8.55. The maximum absolute atomic E-state index is 12.3. The minimum Gasteiger partial charge on any atom is -0.486 e. The number of methoxy groups -OCH3 is 1. The third-order valence-corrected chi connectivity index (χ3v) is 3.96. The van der Waals surface area contributed by atoms with Crippen molar-refractivity contribution in [3.05, 3.63) is 53.6 Å². The maximum atomic E-state index is 12.3. The van der Waals surface area contributed by atoms with Crippen LogP contribution in [0.15, 0.2) is 42.5 Å².